The molecule has 2 rings (SSSR count). The summed E-state index contributed by atoms with van der Waals surface area (Å²) < 4.78 is 1.18. The van der Waals surface area contributed by atoms with Gasteiger partial charge in [0.25, 0.3) is 0 Å². The van der Waals surface area contributed by atoms with E-state index >= 15 is 0 Å². The third-order valence-corrected chi connectivity index (χ3v) is 5.13. The Morgan fingerprint density at radius 2 is 1.91 bits per heavy atom. The van der Waals surface area contributed by atoms with E-state index in [2.05, 4.69) is 30.2 Å². The SMILES string of the molecule is CCC(CC)(Cc1nc2ccccc2s1)C(=O)NCCN.Cl.Cl. The smallest absolute Gasteiger partial charge is 0.226 e. The summed E-state index contributed by atoms with van der Waals surface area (Å²) in [6.07, 6.45) is 2.29. The number of hydrogen-bond acceptors (Lipinski definition) is 4. The molecule has 0 radical (unpaired) electrons. The molecule has 1 heterocycles. The maximum Gasteiger partial charge on any atom is 0.226 e. The summed E-state index contributed by atoms with van der Waals surface area (Å²) in [5.41, 5.74) is 6.11. The highest BCUT2D eigenvalue weighted by Crippen LogP contribution is 2.34. The van der Waals surface area contributed by atoms with E-state index in [1.54, 1.807) is 11.3 Å². The first kappa shape index (κ1) is 22.1. The zero-order chi connectivity index (χ0) is 15.3. The number of aromatic nitrogens is 1. The number of carbonyl (C=O) groups is 1. The van der Waals surface area contributed by atoms with Gasteiger partial charge in [-0.3, -0.25) is 4.79 Å². The first-order chi connectivity index (χ1) is 10.1. The molecule has 1 amide bonds. The average molecular weight is 378 g/mol. The van der Waals surface area contributed by atoms with Crippen molar-refractivity contribution in [3.63, 3.8) is 0 Å². The van der Waals surface area contributed by atoms with Crippen molar-refractivity contribution in [2.45, 2.75) is 33.1 Å². The number of nitrogens with zero attached hydrogens (tertiary/aromatic N) is 1. The zero-order valence-corrected chi connectivity index (χ0v) is 16.0. The number of fused-ring (bicyclic) bond motifs is 1. The van der Waals surface area contributed by atoms with Gasteiger partial charge in [0.1, 0.15) is 0 Å². The molecule has 2 aromatic rings. The number of benzene rings is 1. The Labute approximate surface area is 154 Å². The Morgan fingerprint density at radius 3 is 2.48 bits per heavy atom. The van der Waals surface area contributed by atoms with Crippen LogP contribution in [0.4, 0.5) is 0 Å². The second kappa shape index (κ2) is 10.1. The molecule has 4 nitrogen and oxygen atoms in total. The van der Waals surface area contributed by atoms with Crippen molar-refractivity contribution in [3.8, 4) is 0 Å². The van der Waals surface area contributed by atoms with E-state index in [4.69, 9.17) is 5.73 Å². The highest BCUT2D eigenvalue weighted by molar-refractivity contribution is 7.18. The van der Waals surface area contributed by atoms with Crippen molar-refractivity contribution in [1.29, 1.82) is 0 Å². The maximum absolute atomic E-state index is 12.5. The minimum absolute atomic E-state index is 0. The molecule has 23 heavy (non-hydrogen) atoms. The van der Waals surface area contributed by atoms with Crippen LogP contribution in [0.15, 0.2) is 24.3 Å². The fourth-order valence-corrected chi connectivity index (χ4v) is 3.67. The van der Waals surface area contributed by atoms with Crippen molar-refractivity contribution < 1.29 is 4.79 Å². The standard InChI is InChI=1S/C16H23N3OS.2ClH/c1-3-16(4-2,15(20)18-10-9-17)11-14-19-12-7-5-6-8-13(12)21-14;;/h5-8H,3-4,9-11,17H2,1-2H3,(H,18,20);2*1H. The van der Waals surface area contributed by atoms with Crippen LogP contribution in [-0.4, -0.2) is 24.0 Å². The van der Waals surface area contributed by atoms with Crippen LogP contribution < -0.4 is 11.1 Å². The predicted octanol–water partition coefficient (Wildman–Crippen LogP) is 3.56. The molecule has 0 spiro atoms. The normalized spacial score (nSPS) is 10.7. The lowest BCUT2D eigenvalue weighted by atomic mass is 9.78. The molecule has 0 fully saturated rings. The number of amides is 1. The molecule has 3 N–H and O–H groups in total. The van der Waals surface area contributed by atoms with Gasteiger partial charge >= 0.3 is 0 Å². The summed E-state index contributed by atoms with van der Waals surface area (Å²) in [6, 6.07) is 8.10. The van der Waals surface area contributed by atoms with E-state index in [9.17, 15) is 4.79 Å². The van der Waals surface area contributed by atoms with Gasteiger partial charge in [-0.15, -0.1) is 36.2 Å². The number of hydrogen-bond donors (Lipinski definition) is 2. The molecule has 0 saturated carbocycles. The topological polar surface area (TPSA) is 68.0 Å². The van der Waals surface area contributed by atoms with Gasteiger partial charge in [0.05, 0.1) is 20.6 Å². The van der Waals surface area contributed by atoms with E-state index in [1.807, 2.05) is 18.2 Å². The lowest BCUT2D eigenvalue weighted by Gasteiger charge is -2.29. The predicted molar refractivity (Wildman–Crippen MR) is 103 cm³/mol. The van der Waals surface area contributed by atoms with Crippen LogP contribution in [0.2, 0.25) is 0 Å². The summed E-state index contributed by atoms with van der Waals surface area (Å²) in [5, 5.41) is 3.97. The van der Waals surface area contributed by atoms with E-state index < -0.39 is 0 Å². The molecule has 0 aliphatic rings. The van der Waals surface area contributed by atoms with Crippen LogP contribution in [0.25, 0.3) is 10.2 Å². The quantitative estimate of drug-likeness (QED) is 0.774. The summed E-state index contributed by atoms with van der Waals surface area (Å²) in [4.78, 5) is 17.2. The number of halogens is 2. The molecule has 1 aromatic heterocycles. The number of thiazole rings is 1. The second-order valence-electron chi connectivity index (χ2n) is 5.28. The van der Waals surface area contributed by atoms with Crippen LogP contribution in [0, 0.1) is 5.41 Å². The van der Waals surface area contributed by atoms with Crippen molar-refractivity contribution in [3.05, 3.63) is 29.3 Å². The number of nitrogens with one attached hydrogen (secondary N) is 1. The molecule has 0 saturated heterocycles. The lowest BCUT2D eigenvalue weighted by Crippen LogP contribution is -2.43. The molecule has 0 atom stereocenters. The Hall–Kier alpha value is -0.880. The molecule has 130 valence electrons. The summed E-state index contributed by atoms with van der Waals surface area (Å²) in [7, 11) is 0. The molecule has 0 unspecified atom stereocenters. The van der Waals surface area contributed by atoms with Crippen molar-refractivity contribution >= 4 is 52.3 Å². The molecule has 7 heteroatoms. The van der Waals surface area contributed by atoms with Crippen LogP contribution in [-0.2, 0) is 11.2 Å². The van der Waals surface area contributed by atoms with Gasteiger partial charge in [0, 0.05) is 19.5 Å². The highest BCUT2D eigenvalue weighted by atomic mass is 35.5. The maximum atomic E-state index is 12.5. The average Bonchev–Trinajstić information content (AvgIpc) is 2.92. The third kappa shape index (κ3) is 5.05. The minimum Gasteiger partial charge on any atom is -0.354 e. The van der Waals surface area contributed by atoms with Gasteiger partial charge in [-0.25, -0.2) is 4.98 Å². The number of rotatable bonds is 7. The van der Waals surface area contributed by atoms with Crippen molar-refractivity contribution in [1.82, 2.24) is 10.3 Å². The van der Waals surface area contributed by atoms with Gasteiger partial charge in [0.15, 0.2) is 0 Å². The Balaban J connectivity index is 0.00000242. The molecule has 0 aliphatic heterocycles. The van der Waals surface area contributed by atoms with E-state index in [0.29, 0.717) is 19.5 Å². The monoisotopic (exact) mass is 377 g/mol. The van der Waals surface area contributed by atoms with E-state index in [-0.39, 0.29) is 36.1 Å². The molecular formula is C16H25Cl2N3OS. The van der Waals surface area contributed by atoms with Crippen LogP contribution in [0.3, 0.4) is 0 Å². The number of para-hydroxylation sites is 1. The van der Waals surface area contributed by atoms with Crippen LogP contribution >= 0.6 is 36.2 Å². The summed E-state index contributed by atoms with van der Waals surface area (Å²) in [6.45, 7) is 5.13. The van der Waals surface area contributed by atoms with E-state index in [0.717, 1.165) is 23.4 Å². The molecule has 0 aliphatic carbocycles. The first-order valence-corrected chi connectivity index (χ1v) is 8.29. The molecular weight excluding hydrogens is 353 g/mol. The molecule has 0 bridgehead atoms. The second-order valence-corrected chi connectivity index (χ2v) is 6.40. The van der Waals surface area contributed by atoms with Crippen LogP contribution in [0.5, 0.6) is 0 Å². The lowest BCUT2D eigenvalue weighted by molar-refractivity contribution is -0.131. The third-order valence-electron chi connectivity index (χ3n) is 4.09. The Kier molecular flexibility index (Phi) is 9.70. The number of nitrogens with two attached hydrogens (primary N) is 1. The van der Waals surface area contributed by atoms with Gasteiger partial charge in [-0.1, -0.05) is 26.0 Å². The van der Waals surface area contributed by atoms with E-state index in [1.165, 1.54) is 4.70 Å². The van der Waals surface area contributed by atoms with Gasteiger partial charge in [0.2, 0.25) is 5.91 Å². The zero-order valence-electron chi connectivity index (χ0n) is 13.5. The Bertz CT molecular complexity index is 581. The largest absolute Gasteiger partial charge is 0.354 e. The fourth-order valence-electron chi connectivity index (χ4n) is 2.56. The van der Waals surface area contributed by atoms with Gasteiger partial charge < -0.3 is 11.1 Å². The highest BCUT2D eigenvalue weighted by Gasteiger charge is 2.35. The summed E-state index contributed by atoms with van der Waals surface area (Å²) >= 11 is 1.68. The first-order valence-electron chi connectivity index (χ1n) is 7.48. The fraction of sp³-hybridized carbons (Fsp3) is 0.500. The van der Waals surface area contributed by atoms with Crippen LogP contribution in [0.1, 0.15) is 31.7 Å². The van der Waals surface area contributed by atoms with Gasteiger partial charge in [-0.05, 0) is 25.0 Å². The van der Waals surface area contributed by atoms with Crippen molar-refractivity contribution in [2.75, 3.05) is 13.1 Å². The van der Waals surface area contributed by atoms with Gasteiger partial charge in [-0.2, -0.15) is 0 Å². The number of carbonyl (C=O) groups excluding carboxylic acids is 1. The Morgan fingerprint density at radius 1 is 1.26 bits per heavy atom. The molecule has 1 aromatic carbocycles. The van der Waals surface area contributed by atoms with Crippen molar-refractivity contribution in [2.24, 2.45) is 11.1 Å². The minimum atomic E-state index is -0.386. The summed E-state index contributed by atoms with van der Waals surface area (Å²) in [5.74, 6) is 0.0946.